The maximum Gasteiger partial charge on any atom is 0.303 e. The molecule has 4 rings (SSSR count). The normalized spacial score (nSPS) is 16.4. The molecule has 2 aromatic carbocycles. The number of alkyl halides is 1. The number of hydrogen-bond acceptors (Lipinski definition) is 5. The molecule has 1 fully saturated rings. The largest absolute Gasteiger partial charge is 0.497 e. The van der Waals surface area contributed by atoms with Crippen molar-refractivity contribution in [3.05, 3.63) is 64.8 Å². The van der Waals surface area contributed by atoms with Gasteiger partial charge in [0.1, 0.15) is 11.9 Å². The molecule has 1 aromatic heterocycles. The number of aromatic nitrogens is 1. The van der Waals surface area contributed by atoms with Gasteiger partial charge in [0.25, 0.3) is 0 Å². The predicted octanol–water partition coefficient (Wildman–Crippen LogP) is 7.74. The molecule has 1 aliphatic heterocycles. The highest BCUT2D eigenvalue weighted by Crippen LogP contribution is 2.44. The number of thioether (sulfide) groups is 1. The van der Waals surface area contributed by atoms with Gasteiger partial charge in [-0.3, -0.25) is 9.78 Å². The van der Waals surface area contributed by atoms with Gasteiger partial charge in [-0.05, 0) is 100 Å². The quantitative estimate of drug-likeness (QED) is 0.181. The number of piperidine rings is 1. The molecule has 0 unspecified atom stereocenters. The first kappa shape index (κ1) is 28.7. The van der Waals surface area contributed by atoms with Crippen LogP contribution in [0.15, 0.2) is 53.6 Å². The van der Waals surface area contributed by atoms with Crippen LogP contribution in [0.1, 0.15) is 55.8 Å². The minimum absolute atomic E-state index is 0.0649. The van der Waals surface area contributed by atoms with Gasteiger partial charge in [-0.1, -0.05) is 29.3 Å². The van der Waals surface area contributed by atoms with Crippen molar-refractivity contribution in [2.75, 3.05) is 32.5 Å². The Morgan fingerprint density at radius 1 is 1.26 bits per heavy atom. The summed E-state index contributed by atoms with van der Waals surface area (Å²) in [5, 5.41) is 10.6. The highest BCUT2D eigenvalue weighted by Gasteiger charge is 2.37. The Labute approximate surface area is 233 Å². The fraction of sp³-hybridized carbons (Fsp3) is 0.467. The van der Waals surface area contributed by atoms with Crippen molar-refractivity contribution in [2.24, 2.45) is 5.41 Å². The summed E-state index contributed by atoms with van der Waals surface area (Å²) in [5.74, 6) is 0.845. The molecule has 3 aromatic rings. The second-order valence-corrected chi connectivity index (χ2v) is 11.9. The number of carboxylic acid groups (broad SMARTS) is 1. The van der Waals surface area contributed by atoms with E-state index in [1.165, 1.54) is 16.7 Å². The minimum Gasteiger partial charge on any atom is -0.497 e. The van der Waals surface area contributed by atoms with Crippen LogP contribution in [0, 0.1) is 12.3 Å². The molecule has 0 spiro atoms. The SMILES string of the molecule is COc1ccc2ncc(Cl)c([C@H](F)CCC3(CC(=O)O)CCN(CCCSc4cccc(C)c4)CC3)c2c1. The highest BCUT2D eigenvalue weighted by atomic mass is 35.5. The molecule has 1 aliphatic rings. The zero-order chi connectivity index (χ0) is 27.1. The number of methoxy groups -OCH3 is 1. The number of carbonyl (C=O) groups is 1. The lowest BCUT2D eigenvalue weighted by molar-refractivity contribution is -0.141. The van der Waals surface area contributed by atoms with Crippen LogP contribution in [0.4, 0.5) is 4.39 Å². The Balaban J connectivity index is 1.35. The van der Waals surface area contributed by atoms with E-state index in [0.717, 1.165) is 44.6 Å². The zero-order valence-electron chi connectivity index (χ0n) is 22.1. The lowest BCUT2D eigenvalue weighted by Crippen LogP contribution is -2.41. The lowest BCUT2D eigenvalue weighted by Gasteiger charge is -2.41. The van der Waals surface area contributed by atoms with Crippen molar-refractivity contribution in [3.8, 4) is 5.75 Å². The van der Waals surface area contributed by atoms with Crippen molar-refractivity contribution < 1.29 is 19.0 Å². The first-order chi connectivity index (χ1) is 18.3. The number of nitrogens with zero attached hydrogens (tertiary/aromatic N) is 2. The fourth-order valence-corrected chi connectivity index (χ4v) is 6.68. The summed E-state index contributed by atoms with van der Waals surface area (Å²) >= 11 is 8.29. The molecule has 38 heavy (non-hydrogen) atoms. The van der Waals surface area contributed by atoms with E-state index in [-0.39, 0.29) is 17.9 Å². The molecule has 0 radical (unpaired) electrons. The maximum atomic E-state index is 15.8. The number of aliphatic carboxylic acids is 1. The molecular weight excluding hydrogens is 523 g/mol. The number of benzene rings is 2. The van der Waals surface area contributed by atoms with Gasteiger partial charge in [0.05, 0.1) is 24.1 Å². The summed E-state index contributed by atoms with van der Waals surface area (Å²) in [4.78, 5) is 19.8. The van der Waals surface area contributed by atoms with E-state index in [1.54, 1.807) is 25.3 Å². The smallest absolute Gasteiger partial charge is 0.303 e. The second-order valence-electron chi connectivity index (χ2n) is 10.3. The van der Waals surface area contributed by atoms with Gasteiger partial charge in [0, 0.05) is 22.0 Å². The molecule has 1 saturated heterocycles. The first-order valence-electron chi connectivity index (χ1n) is 13.2. The van der Waals surface area contributed by atoms with Gasteiger partial charge >= 0.3 is 5.97 Å². The van der Waals surface area contributed by atoms with E-state index in [2.05, 4.69) is 41.1 Å². The Bertz CT molecular complexity index is 1250. The van der Waals surface area contributed by atoms with Crippen LogP contribution < -0.4 is 4.74 Å². The molecular formula is C30H36ClFN2O3S. The van der Waals surface area contributed by atoms with Crippen LogP contribution in [-0.4, -0.2) is 53.5 Å². The highest BCUT2D eigenvalue weighted by molar-refractivity contribution is 7.99. The van der Waals surface area contributed by atoms with Crippen molar-refractivity contribution in [1.29, 1.82) is 0 Å². The summed E-state index contributed by atoms with van der Waals surface area (Å²) in [6.07, 6.45) is 3.55. The van der Waals surface area contributed by atoms with Crippen molar-refractivity contribution in [2.45, 2.75) is 56.5 Å². The Morgan fingerprint density at radius 3 is 2.76 bits per heavy atom. The zero-order valence-corrected chi connectivity index (χ0v) is 23.7. The molecule has 2 heterocycles. The Morgan fingerprint density at radius 2 is 2.05 bits per heavy atom. The minimum atomic E-state index is -1.32. The Kier molecular flexibility index (Phi) is 9.91. The fourth-order valence-electron chi connectivity index (χ4n) is 5.46. The summed E-state index contributed by atoms with van der Waals surface area (Å²) < 4.78 is 21.1. The third-order valence-electron chi connectivity index (χ3n) is 7.63. The van der Waals surface area contributed by atoms with Crippen LogP contribution in [0.2, 0.25) is 5.02 Å². The number of carboxylic acids is 1. The monoisotopic (exact) mass is 558 g/mol. The molecule has 0 amide bonds. The standard InChI is InChI=1S/C30H36ClFN2O3S/c1-21-5-3-6-23(17-21)38-16-4-13-34-14-11-30(12-15-34,19-28(35)36)10-9-26(32)29-24-18-22(37-2)7-8-27(24)33-20-25(29)31/h3,5-8,17-18,20,26H,4,9-16,19H2,1-2H3,(H,35,36)/t26-/m1/s1. The maximum absolute atomic E-state index is 15.8. The van der Waals surface area contributed by atoms with E-state index in [9.17, 15) is 9.90 Å². The predicted molar refractivity (Wildman–Crippen MR) is 153 cm³/mol. The van der Waals surface area contributed by atoms with Gasteiger partial charge in [-0.2, -0.15) is 0 Å². The molecule has 0 saturated carbocycles. The average Bonchev–Trinajstić information content (AvgIpc) is 2.90. The summed E-state index contributed by atoms with van der Waals surface area (Å²) in [5.41, 5.74) is 1.93. The number of aryl methyl sites for hydroxylation is 1. The molecule has 5 nitrogen and oxygen atoms in total. The Hall–Kier alpha value is -2.35. The van der Waals surface area contributed by atoms with Crippen molar-refractivity contribution in [3.63, 3.8) is 0 Å². The topological polar surface area (TPSA) is 62.7 Å². The van der Waals surface area contributed by atoms with E-state index in [0.29, 0.717) is 28.6 Å². The molecule has 1 atom stereocenters. The van der Waals surface area contributed by atoms with Crippen LogP contribution in [0.5, 0.6) is 5.75 Å². The van der Waals surface area contributed by atoms with Crippen LogP contribution >= 0.6 is 23.4 Å². The van der Waals surface area contributed by atoms with Gasteiger partial charge in [0.2, 0.25) is 0 Å². The number of fused-ring (bicyclic) bond motifs is 1. The summed E-state index contributed by atoms with van der Waals surface area (Å²) in [7, 11) is 1.57. The first-order valence-corrected chi connectivity index (χ1v) is 14.5. The van der Waals surface area contributed by atoms with Crippen LogP contribution in [0.25, 0.3) is 10.9 Å². The van der Waals surface area contributed by atoms with Crippen LogP contribution in [0.3, 0.4) is 0 Å². The van der Waals surface area contributed by atoms with Gasteiger partial charge in [-0.25, -0.2) is 4.39 Å². The second kappa shape index (κ2) is 13.1. The van der Waals surface area contributed by atoms with Crippen molar-refractivity contribution >= 4 is 40.2 Å². The number of pyridine rings is 1. The number of hydrogen-bond donors (Lipinski definition) is 1. The summed E-state index contributed by atoms with van der Waals surface area (Å²) in [6.45, 7) is 4.79. The van der Waals surface area contributed by atoms with Crippen molar-refractivity contribution in [1.82, 2.24) is 9.88 Å². The third-order valence-corrected chi connectivity index (χ3v) is 9.01. The third kappa shape index (κ3) is 7.39. The van der Waals surface area contributed by atoms with E-state index >= 15 is 4.39 Å². The van der Waals surface area contributed by atoms with Gasteiger partial charge in [0.15, 0.2) is 0 Å². The molecule has 1 N–H and O–H groups in total. The number of rotatable bonds is 12. The summed E-state index contributed by atoms with van der Waals surface area (Å²) in [6, 6.07) is 13.9. The molecule has 8 heteroatoms. The van der Waals surface area contributed by atoms with E-state index in [4.69, 9.17) is 16.3 Å². The van der Waals surface area contributed by atoms with E-state index in [1.807, 2.05) is 11.8 Å². The number of likely N-dealkylation sites (tertiary alicyclic amines) is 1. The van der Waals surface area contributed by atoms with Crippen LogP contribution in [-0.2, 0) is 4.79 Å². The lowest BCUT2D eigenvalue weighted by atomic mass is 9.71. The van der Waals surface area contributed by atoms with E-state index < -0.39 is 17.6 Å². The van der Waals surface area contributed by atoms with Gasteiger partial charge in [-0.15, -0.1) is 11.8 Å². The van der Waals surface area contributed by atoms with Gasteiger partial charge < -0.3 is 14.7 Å². The number of ether oxygens (including phenoxy) is 1. The molecule has 0 bridgehead atoms. The molecule has 0 aliphatic carbocycles. The molecule has 204 valence electrons. The average molecular weight is 559 g/mol. The number of halogens is 2.